The van der Waals surface area contributed by atoms with Crippen LogP contribution in [0.5, 0.6) is 0 Å². The van der Waals surface area contributed by atoms with Gasteiger partial charge >= 0.3 is 0 Å². The summed E-state index contributed by atoms with van der Waals surface area (Å²) in [5, 5.41) is 8.64. The SMILES string of the molecule is CCO[SiH](CO)COC. The van der Waals surface area contributed by atoms with E-state index in [-0.39, 0.29) is 6.23 Å². The Morgan fingerprint density at radius 3 is 2.56 bits per heavy atom. The molecular weight excluding hydrogens is 136 g/mol. The van der Waals surface area contributed by atoms with Crippen molar-refractivity contribution in [2.75, 3.05) is 26.2 Å². The minimum Gasteiger partial charge on any atom is -0.416 e. The molecule has 0 fully saturated rings. The van der Waals surface area contributed by atoms with Crippen molar-refractivity contribution < 1.29 is 14.3 Å². The van der Waals surface area contributed by atoms with Crippen LogP contribution in [-0.4, -0.2) is 40.3 Å². The fraction of sp³-hybridized carbons (Fsp3) is 1.00. The average Bonchev–Trinajstić information content (AvgIpc) is 1.88. The third-order valence-electron chi connectivity index (χ3n) is 0.959. The predicted octanol–water partition coefficient (Wildman–Crippen LogP) is -0.536. The minimum absolute atomic E-state index is 0.168. The highest BCUT2D eigenvalue weighted by Gasteiger charge is 2.07. The quantitative estimate of drug-likeness (QED) is 0.535. The molecule has 1 N–H and O–H groups in total. The van der Waals surface area contributed by atoms with Gasteiger partial charge in [-0.25, -0.2) is 0 Å². The number of ether oxygens (including phenoxy) is 1. The number of hydrogen-bond acceptors (Lipinski definition) is 3. The first-order valence-electron chi connectivity index (χ1n) is 3.06. The minimum atomic E-state index is -1.38. The molecule has 0 rings (SSSR count). The largest absolute Gasteiger partial charge is 0.416 e. The number of aliphatic hydroxyl groups excluding tert-OH is 1. The molecule has 0 aliphatic heterocycles. The van der Waals surface area contributed by atoms with Crippen molar-refractivity contribution in [1.29, 1.82) is 0 Å². The van der Waals surface area contributed by atoms with Crippen LogP contribution in [0.25, 0.3) is 0 Å². The van der Waals surface area contributed by atoms with Gasteiger partial charge in [-0.1, -0.05) is 0 Å². The molecule has 4 heteroatoms. The van der Waals surface area contributed by atoms with Gasteiger partial charge in [-0.3, -0.25) is 0 Å². The fourth-order valence-corrected chi connectivity index (χ4v) is 1.73. The summed E-state index contributed by atoms with van der Waals surface area (Å²) >= 11 is 0. The molecule has 56 valence electrons. The van der Waals surface area contributed by atoms with Crippen LogP contribution in [-0.2, 0) is 9.16 Å². The van der Waals surface area contributed by atoms with Crippen molar-refractivity contribution in [3.63, 3.8) is 0 Å². The number of hydrogen-bond donors (Lipinski definition) is 1. The van der Waals surface area contributed by atoms with Crippen molar-refractivity contribution in [3.8, 4) is 0 Å². The van der Waals surface area contributed by atoms with Gasteiger partial charge in [0.1, 0.15) is 0 Å². The summed E-state index contributed by atoms with van der Waals surface area (Å²) in [6.07, 6.45) is 0.770. The van der Waals surface area contributed by atoms with Gasteiger partial charge in [0.2, 0.25) is 9.04 Å². The van der Waals surface area contributed by atoms with Gasteiger partial charge in [-0.15, -0.1) is 0 Å². The van der Waals surface area contributed by atoms with Gasteiger partial charge in [-0.2, -0.15) is 0 Å². The van der Waals surface area contributed by atoms with E-state index in [9.17, 15) is 0 Å². The van der Waals surface area contributed by atoms with Crippen molar-refractivity contribution in [1.82, 2.24) is 0 Å². The average molecular weight is 150 g/mol. The Morgan fingerprint density at radius 2 is 2.22 bits per heavy atom. The van der Waals surface area contributed by atoms with E-state index in [0.29, 0.717) is 12.8 Å². The predicted molar refractivity (Wildman–Crippen MR) is 37.7 cm³/mol. The maximum atomic E-state index is 8.64. The molecule has 0 aromatic rings. The van der Waals surface area contributed by atoms with Crippen LogP contribution in [0.1, 0.15) is 6.92 Å². The van der Waals surface area contributed by atoms with Gasteiger partial charge in [0.25, 0.3) is 0 Å². The lowest BCUT2D eigenvalue weighted by Crippen LogP contribution is -2.29. The summed E-state index contributed by atoms with van der Waals surface area (Å²) in [6, 6.07) is 0. The third kappa shape index (κ3) is 4.59. The molecule has 0 saturated carbocycles. The molecule has 0 amide bonds. The van der Waals surface area contributed by atoms with Crippen molar-refractivity contribution >= 4 is 9.04 Å². The lowest BCUT2D eigenvalue weighted by atomic mass is 10.9. The summed E-state index contributed by atoms with van der Waals surface area (Å²) < 4.78 is 10.0. The van der Waals surface area contributed by atoms with Gasteiger partial charge in [0, 0.05) is 13.7 Å². The molecule has 3 nitrogen and oxygen atoms in total. The fourth-order valence-electron chi connectivity index (χ4n) is 0.575. The third-order valence-corrected chi connectivity index (χ3v) is 2.88. The molecule has 0 aliphatic carbocycles. The summed E-state index contributed by atoms with van der Waals surface area (Å²) in [5.74, 6) is 0. The lowest BCUT2D eigenvalue weighted by Gasteiger charge is -2.09. The molecule has 0 spiro atoms. The Morgan fingerprint density at radius 1 is 1.56 bits per heavy atom. The van der Waals surface area contributed by atoms with E-state index in [2.05, 4.69) is 0 Å². The summed E-state index contributed by atoms with van der Waals surface area (Å²) in [6.45, 7) is 2.60. The van der Waals surface area contributed by atoms with Crippen LogP contribution in [0.3, 0.4) is 0 Å². The van der Waals surface area contributed by atoms with Gasteiger partial charge in [0.05, 0.1) is 12.5 Å². The van der Waals surface area contributed by atoms with Gasteiger partial charge in [-0.05, 0) is 6.92 Å². The lowest BCUT2D eigenvalue weighted by molar-refractivity contribution is 0.206. The molecule has 0 saturated heterocycles. The highest BCUT2D eigenvalue weighted by atomic mass is 28.3. The smallest absolute Gasteiger partial charge is 0.227 e. The molecular formula is C5H14O3Si. The monoisotopic (exact) mass is 150 g/mol. The van der Waals surface area contributed by atoms with E-state index in [0.717, 1.165) is 0 Å². The van der Waals surface area contributed by atoms with E-state index in [1.807, 2.05) is 6.92 Å². The Hall–Kier alpha value is 0.0969. The first-order valence-corrected chi connectivity index (χ1v) is 5.17. The molecule has 9 heavy (non-hydrogen) atoms. The maximum absolute atomic E-state index is 8.64. The summed E-state index contributed by atoms with van der Waals surface area (Å²) in [4.78, 5) is 0. The highest BCUT2D eigenvalue weighted by molar-refractivity contribution is 6.51. The summed E-state index contributed by atoms with van der Waals surface area (Å²) in [7, 11) is 0.240. The van der Waals surface area contributed by atoms with Crippen LogP contribution in [0, 0.1) is 0 Å². The summed E-state index contributed by atoms with van der Waals surface area (Å²) in [5.41, 5.74) is 0. The zero-order valence-electron chi connectivity index (χ0n) is 5.96. The van der Waals surface area contributed by atoms with Crippen LogP contribution in [0.4, 0.5) is 0 Å². The molecule has 0 heterocycles. The topological polar surface area (TPSA) is 38.7 Å². The first-order chi connectivity index (χ1) is 4.35. The van der Waals surface area contributed by atoms with Gasteiger partial charge < -0.3 is 14.3 Å². The van der Waals surface area contributed by atoms with Crippen molar-refractivity contribution in [2.24, 2.45) is 0 Å². The standard InChI is InChI=1S/C5H14O3Si/c1-3-8-9(4-6)5-7-2/h6,9H,3-5H2,1-2H3. The molecule has 1 unspecified atom stereocenters. The first kappa shape index (κ1) is 9.10. The normalized spacial score (nSPS) is 13.7. The van der Waals surface area contributed by atoms with E-state index >= 15 is 0 Å². The maximum Gasteiger partial charge on any atom is 0.227 e. The number of rotatable bonds is 5. The second-order valence-corrected chi connectivity index (χ2v) is 3.99. The van der Waals surface area contributed by atoms with E-state index < -0.39 is 9.04 Å². The van der Waals surface area contributed by atoms with Crippen LogP contribution < -0.4 is 0 Å². The second-order valence-electron chi connectivity index (χ2n) is 1.72. The molecule has 0 aromatic heterocycles. The zero-order valence-corrected chi connectivity index (χ0v) is 7.12. The molecule has 0 radical (unpaired) electrons. The zero-order chi connectivity index (χ0) is 7.11. The van der Waals surface area contributed by atoms with E-state index in [1.54, 1.807) is 7.11 Å². The highest BCUT2D eigenvalue weighted by Crippen LogP contribution is 1.84. The molecule has 0 aromatic carbocycles. The van der Waals surface area contributed by atoms with Crippen LogP contribution >= 0.6 is 0 Å². The number of aliphatic hydroxyl groups is 1. The number of methoxy groups -OCH3 is 1. The molecule has 0 bridgehead atoms. The van der Waals surface area contributed by atoms with E-state index in [1.165, 1.54) is 0 Å². The van der Waals surface area contributed by atoms with Crippen molar-refractivity contribution in [2.45, 2.75) is 6.92 Å². The Labute approximate surface area is 57.3 Å². The molecule has 1 atom stereocenters. The Kier molecular flexibility index (Phi) is 6.29. The van der Waals surface area contributed by atoms with Gasteiger partial charge in [0.15, 0.2) is 0 Å². The van der Waals surface area contributed by atoms with E-state index in [4.69, 9.17) is 14.3 Å². The second kappa shape index (κ2) is 6.22. The van der Waals surface area contributed by atoms with Crippen LogP contribution in [0.2, 0.25) is 0 Å². The Bertz CT molecular complexity index is 54.2. The molecule has 0 aliphatic rings. The Balaban J connectivity index is 3.18. The van der Waals surface area contributed by atoms with Crippen LogP contribution in [0.15, 0.2) is 0 Å². The van der Waals surface area contributed by atoms with Crippen molar-refractivity contribution in [3.05, 3.63) is 0 Å².